The molecule has 5 nitrogen and oxygen atoms in total. The van der Waals surface area contributed by atoms with Gasteiger partial charge in [0.2, 0.25) is 0 Å². The van der Waals surface area contributed by atoms with Gasteiger partial charge in [-0.05, 0) is 18.2 Å². The molecule has 0 bridgehead atoms. The molecule has 0 atom stereocenters. The molecule has 0 aliphatic carbocycles. The number of nitrogens with zero attached hydrogens (tertiary/aromatic N) is 4. The molecule has 19 heavy (non-hydrogen) atoms. The molecule has 3 aromatic rings. The highest BCUT2D eigenvalue weighted by molar-refractivity contribution is 6.30. The molecule has 3 rings (SSSR count). The van der Waals surface area contributed by atoms with E-state index in [4.69, 9.17) is 11.6 Å². The van der Waals surface area contributed by atoms with Crippen LogP contribution in [0.5, 0.6) is 0 Å². The summed E-state index contributed by atoms with van der Waals surface area (Å²) in [5.41, 5.74) is 1.67. The zero-order chi connectivity index (χ0) is 12.5. The minimum absolute atomic E-state index is 0. The Hall–Kier alpha value is -1.85. The molecule has 2 aromatic heterocycles. The van der Waals surface area contributed by atoms with Gasteiger partial charge in [-0.2, -0.15) is 5.10 Å². The van der Waals surface area contributed by atoms with Gasteiger partial charge in [-0.25, -0.2) is 9.97 Å². The van der Waals surface area contributed by atoms with Crippen LogP contribution < -0.4 is 5.32 Å². The van der Waals surface area contributed by atoms with E-state index in [9.17, 15) is 0 Å². The van der Waals surface area contributed by atoms with Crippen LogP contribution in [0.25, 0.3) is 11.0 Å². The van der Waals surface area contributed by atoms with Crippen LogP contribution in [0.2, 0.25) is 5.02 Å². The van der Waals surface area contributed by atoms with Crippen molar-refractivity contribution >= 4 is 46.5 Å². The highest BCUT2D eigenvalue weighted by Gasteiger charge is 2.07. The summed E-state index contributed by atoms with van der Waals surface area (Å²) in [5.74, 6) is 0.718. The van der Waals surface area contributed by atoms with Gasteiger partial charge in [0, 0.05) is 17.8 Å². The van der Waals surface area contributed by atoms with E-state index < -0.39 is 0 Å². The number of benzene rings is 1. The van der Waals surface area contributed by atoms with Crippen LogP contribution in [0.1, 0.15) is 0 Å². The van der Waals surface area contributed by atoms with Crippen LogP contribution in [0.4, 0.5) is 11.5 Å². The molecule has 0 saturated heterocycles. The fourth-order valence-corrected chi connectivity index (χ4v) is 1.95. The van der Waals surface area contributed by atoms with Crippen LogP contribution >= 0.6 is 24.0 Å². The van der Waals surface area contributed by atoms with Crippen molar-refractivity contribution in [2.45, 2.75) is 0 Å². The number of aromatic nitrogens is 4. The van der Waals surface area contributed by atoms with Gasteiger partial charge in [0.25, 0.3) is 0 Å². The predicted octanol–water partition coefficient (Wildman–Crippen LogP) is 3.18. The number of aryl methyl sites for hydroxylation is 1. The lowest BCUT2D eigenvalue weighted by atomic mass is 10.3. The van der Waals surface area contributed by atoms with E-state index in [1.807, 2.05) is 31.3 Å². The maximum absolute atomic E-state index is 5.94. The Labute approximate surface area is 121 Å². The van der Waals surface area contributed by atoms with Crippen LogP contribution in [0, 0.1) is 0 Å². The number of fused-ring (bicyclic) bond motifs is 1. The summed E-state index contributed by atoms with van der Waals surface area (Å²) in [6.07, 6.45) is 3.25. The molecule has 1 aromatic carbocycles. The second-order valence-corrected chi connectivity index (χ2v) is 4.30. The number of halogens is 2. The summed E-state index contributed by atoms with van der Waals surface area (Å²) in [4.78, 5) is 8.41. The molecular formula is C12H11Cl2N5. The van der Waals surface area contributed by atoms with Crippen molar-refractivity contribution in [3.63, 3.8) is 0 Å². The molecule has 98 valence electrons. The van der Waals surface area contributed by atoms with Crippen molar-refractivity contribution in [3.05, 3.63) is 41.8 Å². The van der Waals surface area contributed by atoms with Gasteiger partial charge in [0.1, 0.15) is 12.1 Å². The fraction of sp³-hybridized carbons (Fsp3) is 0.0833. The average molecular weight is 296 g/mol. The van der Waals surface area contributed by atoms with Crippen LogP contribution in [0.3, 0.4) is 0 Å². The minimum Gasteiger partial charge on any atom is -0.339 e. The van der Waals surface area contributed by atoms with E-state index in [0.29, 0.717) is 5.02 Å². The maximum Gasteiger partial charge on any atom is 0.163 e. The fourth-order valence-electron chi connectivity index (χ4n) is 1.76. The molecule has 0 aliphatic rings. The molecule has 0 spiro atoms. The third kappa shape index (κ3) is 2.62. The number of rotatable bonds is 2. The lowest BCUT2D eigenvalue weighted by Crippen LogP contribution is -1.97. The first-order chi connectivity index (χ1) is 8.74. The first kappa shape index (κ1) is 13.6. The number of anilines is 2. The third-order valence-electron chi connectivity index (χ3n) is 2.62. The summed E-state index contributed by atoms with van der Waals surface area (Å²) < 4.78 is 1.71. The number of hydrogen-bond acceptors (Lipinski definition) is 4. The Bertz CT molecular complexity index is 710. The van der Waals surface area contributed by atoms with Crippen LogP contribution in [-0.4, -0.2) is 19.7 Å². The summed E-state index contributed by atoms with van der Waals surface area (Å²) in [6.45, 7) is 0. The first-order valence-electron chi connectivity index (χ1n) is 5.39. The quantitative estimate of drug-likeness (QED) is 0.789. The van der Waals surface area contributed by atoms with E-state index >= 15 is 0 Å². The van der Waals surface area contributed by atoms with E-state index in [0.717, 1.165) is 22.5 Å². The Balaban J connectivity index is 0.00000133. The largest absolute Gasteiger partial charge is 0.339 e. The number of hydrogen-bond donors (Lipinski definition) is 1. The summed E-state index contributed by atoms with van der Waals surface area (Å²) in [5, 5.41) is 8.93. The zero-order valence-electron chi connectivity index (χ0n) is 10.0. The smallest absolute Gasteiger partial charge is 0.163 e. The molecule has 0 saturated carbocycles. The van der Waals surface area contributed by atoms with Crippen molar-refractivity contribution in [2.24, 2.45) is 7.05 Å². The first-order valence-corrected chi connectivity index (χ1v) is 5.77. The van der Waals surface area contributed by atoms with E-state index in [1.54, 1.807) is 10.9 Å². The van der Waals surface area contributed by atoms with Crippen molar-refractivity contribution in [2.75, 3.05) is 5.32 Å². The SMILES string of the molecule is Cl.Cn1ncc2c(Nc3cccc(Cl)c3)ncnc21. The van der Waals surface area contributed by atoms with Gasteiger partial charge in [0.15, 0.2) is 5.65 Å². The second kappa shape index (κ2) is 5.42. The van der Waals surface area contributed by atoms with Gasteiger partial charge in [-0.1, -0.05) is 17.7 Å². The third-order valence-corrected chi connectivity index (χ3v) is 2.85. The highest BCUT2D eigenvalue weighted by atomic mass is 35.5. The minimum atomic E-state index is 0. The molecule has 0 unspecified atom stereocenters. The highest BCUT2D eigenvalue weighted by Crippen LogP contribution is 2.23. The monoisotopic (exact) mass is 295 g/mol. The van der Waals surface area contributed by atoms with Gasteiger partial charge >= 0.3 is 0 Å². The van der Waals surface area contributed by atoms with E-state index in [2.05, 4.69) is 20.4 Å². The Morgan fingerprint density at radius 2 is 2.11 bits per heavy atom. The summed E-state index contributed by atoms with van der Waals surface area (Å²) in [7, 11) is 1.85. The van der Waals surface area contributed by atoms with Gasteiger partial charge in [-0.3, -0.25) is 4.68 Å². The average Bonchev–Trinajstić information content (AvgIpc) is 2.73. The lowest BCUT2D eigenvalue weighted by molar-refractivity contribution is 0.785. The summed E-state index contributed by atoms with van der Waals surface area (Å²) in [6, 6.07) is 7.47. The van der Waals surface area contributed by atoms with Gasteiger partial charge in [0.05, 0.1) is 11.6 Å². The molecule has 0 radical (unpaired) electrons. The van der Waals surface area contributed by atoms with E-state index in [-0.39, 0.29) is 12.4 Å². The normalized spacial score (nSPS) is 10.2. The zero-order valence-corrected chi connectivity index (χ0v) is 11.6. The lowest BCUT2D eigenvalue weighted by Gasteiger charge is -2.06. The van der Waals surface area contributed by atoms with Crippen molar-refractivity contribution in [1.29, 1.82) is 0 Å². The molecule has 0 fully saturated rings. The van der Waals surface area contributed by atoms with Crippen LogP contribution in [-0.2, 0) is 7.05 Å². The Morgan fingerprint density at radius 3 is 2.89 bits per heavy atom. The van der Waals surface area contributed by atoms with Gasteiger partial charge in [-0.15, -0.1) is 12.4 Å². The Kier molecular flexibility index (Phi) is 3.87. The van der Waals surface area contributed by atoms with Gasteiger partial charge < -0.3 is 5.32 Å². The predicted molar refractivity (Wildman–Crippen MR) is 78.3 cm³/mol. The number of nitrogens with one attached hydrogen (secondary N) is 1. The topological polar surface area (TPSA) is 55.6 Å². The van der Waals surface area contributed by atoms with Crippen molar-refractivity contribution in [3.8, 4) is 0 Å². The molecular weight excluding hydrogens is 285 g/mol. The molecule has 0 aliphatic heterocycles. The molecule has 0 amide bonds. The van der Waals surface area contributed by atoms with Crippen molar-refractivity contribution in [1.82, 2.24) is 19.7 Å². The standard InChI is InChI=1S/C12H10ClN5.ClH/c1-18-12-10(6-16-18)11(14-7-15-12)17-9-4-2-3-8(13)5-9;/h2-7H,1H3,(H,14,15,17);1H. The van der Waals surface area contributed by atoms with Crippen LogP contribution in [0.15, 0.2) is 36.8 Å². The maximum atomic E-state index is 5.94. The summed E-state index contributed by atoms with van der Waals surface area (Å²) >= 11 is 5.94. The van der Waals surface area contributed by atoms with Crippen molar-refractivity contribution < 1.29 is 0 Å². The molecule has 2 heterocycles. The van der Waals surface area contributed by atoms with E-state index in [1.165, 1.54) is 6.33 Å². The Morgan fingerprint density at radius 1 is 1.26 bits per heavy atom. The molecule has 1 N–H and O–H groups in total. The molecule has 7 heteroatoms. The second-order valence-electron chi connectivity index (χ2n) is 3.86.